The fourth-order valence-corrected chi connectivity index (χ4v) is 3.18. The van der Waals surface area contributed by atoms with Crippen molar-refractivity contribution in [3.63, 3.8) is 0 Å². The fourth-order valence-electron chi connectivity index (χ4n) is 2.47. The van der Waals surface area contributed by atoms with Gasteiger partial charge in [0.15, 0.2) is 11.5 Å². The van der Waals surface area contributed by atoms with Crippen LogP contribution in [0.1, 0.15) is 5.56 Å². The van der Waals surface area contributed by atoms with Gasteiger partial charge in [-0.05, 0) is 24.3 Å². The number of anilines is 1. The van der Waals surface area contributed by atoms with Crippen molar-refractivity contribution in [2.24, 2.45) is 4.99 Å². The van der Waals surface area contributed by atoms with Crippen LogP contribution >= 0.6 is 11.6 Å². The number of aromatic amines is 1. The molecule has 0 amide bonds. The summed E-state index contributed by atoms with van der Waals surface area (Å²) in [6.45, 7) is -0.785. The number of hydroxylamine groups is 1. The van der Waals surface area contributed by atoms with Crippen LogP contribution < -0.4 is 15.5 Å². The van der Waals surface area contributed by atoms with Crippen molar-refractivity contribution in [2.75, 3.05) is 18.4 Å². The lowest BCUT2D eigenvalue weighted by atomic mass is 10.2. The maximum atomic E-state index is 13.3. The van der Waals surface area contributed by atoms with E-state index in [0.717, 1.165) is 6.07 Å². The highest BCUT2D eigenvalue weighted by Crippen LogP contribution is 2.24. The number of aliphatic imine (C=N–C) groups is 1. The first-order chi connectivity index (χ1) is 15.0. The summed E-state index contributed by atoms with van der Waals surface area (Å²) in [5.74, 6) is -0.626. The molecule has 10 nitrogen and oxygen atoms in total. The van der Waals surface area contributed by atoms with E-state index in [9.17, 15) is 31.2 Å². The van der Waals surface area contributed by atoms with Gasteiger partial charge < -0.3 is 10.3 Å². The smallest absolute Gasteiger partial charge is 0.354 e. The van der Waals surface area contributed by atoms with Crippen molar-refractivity contribution in [3.8, 4) is 0 Å². The Labute approximate surface area is 182 Å². The first kappa shape index (κ1) is 23.6. The summed E-state index contributed by atoms with van der Waals surface area (Å²) < 4.78 is 73.6. The molecule has 32 heavy (non-hydrogen) atoms. The van der Waals surface area contributed by atoms with Gasteiger partial charge in [-0.3, -0.25) is 10.7 Å². The molecule has 3 rings (SSSR count). The highest BCUT2D eigenvalue weighted by molar-refractivity contribution is 7.90. The second kappa shape index (κ2) is 9.23. The van der Waals surface area contributed by atoms with Crippen LogP contribution in [0.15, 0.2) is 35.5 Å². The summed E-state index contributed by atoms with van der Waals surface area (Å²) in [7, 11) is -5.45. The monoisotopic (exact) mass is 495 g/mol. The molecule has 0 bridgehead atoms. The topological polar surface area (TPSA) is 144 Å². The highest BCUT2D eigenvalue weighted by atomic mass is 35.5. The number of aromatic nitrogens is 3. The van der Waals surface area contributed by atoms with Crippen molar-refractivity contribution in [2.45, 2.75) is 5.51 Å². The zero-order chi connectivity index (χ0) is 23.5. The lowest BCUT2D eigenvalue weighted by Crippen LogP contribution is -2.38. The minimum absolute atomic E-state index is 0.0618. The molecule has 5 N–H and O–H groups in total. The second-order valence-electron chi connectivity index (χ2n) is 6.08. The van der Waals surface area contributed by atoms with Gasteiger partial charge in [0, 0.05) is 24.8 Å². The Morgan fingerprint density at radius 1 is 1.25 bits per heavy atom. The maximum Gasteiger partial charge on any atom is 0.511 e. The summed E-state index contributed by atoms with van der Waals surface area (Å²) in [6, 6.07) is 5.16. The second-order valence-corrected chi connectivity index (χ2v) is 8.25. The number of imidazole rings is 1. The molecule has 0 atom stereocenters. The summed E-state index contributed by atoms with van der Waals surface area (Å²) in [5.41, 5.74) is -2.50. The van der Waals surface area contributed by atoms with Crippen molar-refractivity contribution < 1.29 is 31.2 Å². The van der Waals surface area contributed by atoms with Gasteiger partial charge >= 0.3 is 15.5 Å². The van der Waals surface area contributed by atoms with E-state index in [0.29, 0.717) is 11.1 Å². The number of hydrogen-bond acceptors (Lipinski definition) is 7. The Kier molecular flexibility index (Phi) is 6.82. The van der Waals surface area contributed by atoms with Crippen LogP contribution in [0.4, 0.5) is 29.2 Å². The normalized spacial score (nSPS) is 12.9. The van der Waals surface area contributed by atoms with Gasteiger partial charge in [-0.2, -0.15) is 18.2 Å². The van der Waals surface area contributed by atoms with Gasteiger partial charge in [0.25, 0.3) is 0 Å². The van der Waals surface area contributed by atoms with E-state index in [-0.39, 0.29) is 34.7 Å². The van der Waals surface area contributed by atoms with Crippen molar-refractivity contribution in [1.29, 1.82) is 0 Å². The predicted molar refractivity (Wildman–Crippen MR) is 108 cm³/mol. The molecule has 16 heteroatoms. The number of alkyl halides is 3. The zero-order valence-electron chi connectivity index (χ0n) is 15.7. The number of rotatable bonds is 7. The molecular formula is C16H14ClF4N7O3S. The largest absolute Gasteiger partial charge is 0.511 e. The fraction of sp³-hybridized carbons (Fsp3) is 0.188. The van der Waals surface area contributed by atoms with Crippen LogP contribution in [0.3, 0.4) is 0 Å². The molecule has 172 valence electrons. The molecule has 0 saturated carbocycles. The molecule has 0 aliphatic carbocycles. The van der Waals surface area contributed by atoms with Crippen LogP contribution in [-0.2, 0) is 10.0 Å². The minimum atomic E-state index is -5.45. The molecule has 0 unspecified atom stereocenters. The summed E-state index contributed by atoms with van der Waals surface area (Å²) in [4.78, 5) is 15.1. The Balaban J connectivity index is 1.80. The number of sulfonamides is 1. The average molecular weight is 496 g/mol. The third-order valence-corrected chi connectivity index (χ3v) is 5.39. The van der Waals surface area contributed by atoms with Gasteiger partial charge in [-0.25, -0.2) is 27.5 Å². The first-order valence-corrected chi connectivity index (χ1v) is 10.5. The van der Waals surface area contributed by atoms with Crippen LogP contribution in [0.5, 0.6) is 0 Å². The van der Waals surface area contributed by atoms with Crippen LogP contribution in [0.25, 0.3) is 11.2 Å². The number of benzene rings is 1. The molecule has 3 aromatic rings. The van der Waals surface area contributed by atoms with Gasteiger partial charge in [0.2, 0.25) is 5.95 Å². The Morgan fingerprint density at radius 2 is 2.00 bits per heavy atom. The van der Waals surface area contributed by atoms with E-state index in [1.807, 2.05) is 5.48 Å². The van der Waals surface area contributed by atoms with E-state index in [1.54, 1.807) is 0 Å². The third kappa shape index (κ3) is 5.24. The minimum Gasteiger partial charge on any atom is -0.354 e. The molecule has 2 aromatic heterocycles. The molecule has 2 heterocycles. The number of nitrogens with zero attached hydrogens (tertiary/aromatic N) is 3. The van der Waals surface area contributed by atoms with Crippen molar-refractivity contribution in [3.05, 3.63) is 46.9 Å². The Bertz CT molecular complexity index is 1260. The summed E-state index contributed by atoms with van der Waals surface area (Å²) >= 11 is 5.73. The van der Waals surface area contributed by atoms with E-state index < -0.39 is 27.9 Å². The number of H-pyrrole nitrogens is 1. The van der Waals surface area contributed by atoms with E-state index in [2.05, 4.69) is 25.3 Å². The van der Waals surface area contributed by atoms with Crippen LogP contribution in [0, 0.1) is 5.82 Å². The first-order valence-electron chi connectivity index (χ1n) is 8.60. The maximum absolute atomic E-state index is 13.3. The molecule has 0 aliphatic heterocycles. The molecule has 0 radical (unpaired) electrons. The van der Waals surface area contributed by atoms with Crippen LogP contribution in [0.2, 0.25) is 5.02 Å². The number of fused-ring (bicyclic) bond motifs is 1. The number of halogens is 5. The quantitative estimate of drug-likeness (QED) is 0.111. The zero-order valence-corrected chi connectivity index (χ0v) is 17.3. The van der Waals surface area contributed by atoms with Gasteiger partial charge in [0.05, 0.1) is 16.2 Å². The molecule has 0 spiro atoms. The number of amidine groups is 1. The number of hydrogen-bond donors (Lipinski definition) is 5. The van der Waals surface area contributed by atoms with E-state index in [1.165, 1.54) is 29.1 Å². The number of pyridine rings is 1. The standard InChI is InChI=1S/C16H14ClF4N7O3S/c17-10-7-8(1-2-11(10)18)25-13(28-29)9-3-4-22-14-12(9)26-15(27-14)23-5-6-24-32(30,31)16(19,20)21/h1-4,7,24,29H,5-6H2,(H,25,28)(H2,22,23,26,27). The summed E-state index contributed by atoms with van der Waals surface area (Å²) in [6.07, 6.45) is 1.37. The van der Waals surface area contributed by atoms with Gasteiger partial charge in [-0.1, -0.05) is 11.6 Å². The molecule has 0 saturated heterocycles. The molecule has 1 aromatic carbocycles. The molecular weight excluding hydrogens is 482 g/mol. The van der Waals surface area contributed by atoms with E-state index in [4.69, 9.17) is 11.6 Å². The highest BCUT2D eigenvalue weighted by Gasteiger charge is 2.45. The van der Waals surface area contributed by atoms with Crippen molar-refractivity contribution in [1.82, 2.24) is 25.2 Å². The summed E-state index contributed by atoms with van der Waals surface area (Å²) in [5, 5.41) is 12.0. The molecule has 0 aliphatic rings. The SMILES string of the molecule is O=S(=O)(NCCNc1nc2nccc(C(=Nc3ccc(F)c(Cl)c3)NO)c2[nH]1)C(F)(F)F. The van der Waals surface area contributed by atoms with Gasteiger partial charge in [-0.15, -0.1) is 0 Å². The third-order valence-electron chi connectivity index (χ3n) is 3.91. The average Bonchev–Trinajstić information content (AvgIpc) is 3.14. The van der Waals surface area contributed by atoms with Gasteiger partial charge in [0.1, 0.15) is 5.82 Å². The van der Waals surface area contributed by atoms with E-state index >= 15 is 0 Å². The lowest BCUT2D eigenvalue weighted by molar-refractivity contribution is -0.0447. The Hall–Kier alpha value is -3.01. The molecule has 0 fully saturated rings. The Morgan fingerprint density at radius 3 is 2.66 bits per heavy atom. The number of nitrogens with one attached hydrogen (secondary N) is 4. The van der Waals surface area contributed by atoms with Crippen molar-refractivity contribution >= 4 is 50.3 Å². The predicted octanol–water partition coefficient (Wildman–Crippen LogP) is 2.66. The van der Waals surface area contributed by atoms with Crippen LogP contribution in [-0.4, -0.2) is 53.0 Å². The lowest BCUT2D eigenvalue weighted by Gasteiger charge is -2.09.